The lowest BCUT2D eigenvalue weighted by molar-refractivity contribution is -0.136. The van der Waals surface area contributed by atoms with Gasteiger partial charge in [-0.3, -0.25) is 22.3 Å². The fourth-order valence-electron chi connectivity index (χ4n) is 3.78. The SMILES string of the molecule is CC(C)CCC(=O)N(C)C(C)(N)CCOC(C)(C)CCC(=O)NC(CCC(=O)C(C)C)C(=O)N(I)CPCOC(C)(C)N. The van der Waals surface area contributed by atoms with Crippen LogP contribution in [0, 0.1) is 11.8 Å². The first kappa shape index (κ1) is 42.1. The molecule has 0 bridgehead atoms. The summed E-state index contributed by atoms with van der Waals surface area (Å²) in [7, 11) is 2.03. The molecule has 5 N–H and O–H groups in total. The number of Topliss-reactive ketones (excluding diaryl/α,β-unsaturated/α-hetero) is 1. The topological polar surface area (TPSA) is 157 Å². The van der Waals surface area contributed by atoms with Crippen LogP contribution in [0.2, 0.25) is 0 Å². The van der Waals surface area contributed by atoms with Crippen LogP contribution in [-0.4, -0.2) is 80.8 Å². The zero-order valence-electron chi connectivity index (χ0n) is 28.2. The fourth-order valence-corrected chi connectivity index (χ4v) is 5.76. The summed E-state index contributed by atoms with van der Waals surface area (Å²) in [6.45, 7) is 17.3. The van der Waals surface area contributed by atoms with Gasteiger partial charge in [-0.2, -0.15) is 0 Å². The van der Waals surface area contributed by atoms with Crippen LogP contribution in [0.15, 0.2) is 0 Å². The minimum atomic E-state index is -0.860. The quantitative estimate of drug-likeness (QED) is 0.0482. The van der Waals surface area contributed by atoms with Crippen LogP contribution in [0.25, 0.3) is 0 Å². The third kappa shape index (κ3) is 19.3. The van der Waals surface area contributed by atoms with E-state index in [2.05, 4.69) is 19.2 Å². The number of amides is 3. The van der Waals surface area contributed by atoms with E-state index in [1.165, 1.54) is 3.11 Å². The molecule has 0 saturated heterocycles. The van der Waals surface area contributed by atoms with E-state index in [-0.39, 0.29) is 48.7 Å². The van der Waals surface area contributed by atoms with Crippen molar-refractivity contribution < 1.29 is 28.7 Å². The highest BCUT2D eigenvalue weighted by Crippen LogP contribution is 2.22. The van der Waals surface area contributed by atoms with Gasteiger partial charge in [0.1, 0.15) is 17.6 Å². The van der Waals surface area contributed by atoms with Gasteiger partial charge in [-0.15, -0.1) is 0 Å². The summed E-state index contributed by atoms with van der Waals surface area (Å²) in [5.74, 6) is -0.199. The number of nitrogens with zero attached hydrogens (tertiary/aromatic N) is 2. The molecule has 0 heterocycles. The van der Waals surface area contributed by atoms with Crippen molar-refractivity contribution >= 4 is 55.0 Å². The molecule has 0 aliphatic carbocycles. The van der Waals surface area contributed by atoms with Gasteiger partial charge >= 0.3 is 0 Å². The zero-order chi connectivity index (χ0) is 33.6. The number of halogens is 1. The Labute approximate surface area is 275 Å². The van der Waals surface area contributed by atoms with Gasteiger partial charge in [0, 0.05) is 44.9 Å². The molecule has 0 radical (unpaired) electrons. The standard InChI is InChI=1S/C30H59IN5O6P/c1-21(2)11-14-26(39)35(10)30(9,33)17-18-41-28(5,6)16-15-25(38)34-23(12-13-24(37)22(3)4)27(40)36(31)19-43-20-42-29(7,8)32/h21-23,43H,11-20,32-33H2,1-10H3,(H,34,38). The molecule has 0 aromatic heterocycles. The van der Waals surface area contributed by atoms with E-state index in [4.69, 9.17) is 20.9 Å². The van der Waals surface area contributed by atoms with Crippen molar-refractivity contribution in [3.8, 4) is 0 Å². The highest BCUT2D eigenvalue weighted by molar-refractivity contribution is 14.1. The van der Waals surface area contributed by atoms with Crippen LogP contribution in [0.5, 0.6) is 0 Å². The number of nitrogens with two attached hydrogens (primary N) is 2. The summed E-state index contributed by atoms with van der Waals surface area (Å²) < 4.78 is 13.2. The maximum absolute atomic E-state index is 13.2. The molecule has 43 heavy (non-hydrogen) atoms. The summed E-state index contributed by atoms with van der Waals surface area (Å²) in [4.78, 5) is 52.6. The van der Waals surface area contributed by atoms with Crippen LogP contribution < -0.4 is 16.8 Å². The Morgan fingerprint density at radius 2 is 1.51 bits per heavy atom. The molecule has 3 atom stereocenters. The predicted octanol–water partition coefficient (Wildman–Crippen LogP) is 4.50. The van der Waals surface area contributed by atoms with Crippen LogP contribution in [0.4, 0.5) is 0 Å². The Bertz CT molecular complexity index is 895. The van der Waals surface area contributed by atoms with E-state index in [9.17, 15) is 19.2 Å². The predicted molar refractivity (Wildman–Crippen MR) is 183 cm³/mol. The molecule has 0 fully saturated rings. The van der Waals surface area contributed by atoms with Gasteiger partial charge in [-0.25, -0.2) is 0 Å². The lowest BCUT2D eigenvalue weighted by atomic mass is 9.99. The maximum Gasteiger partial charge on any atom is 0.254 e. The number of rotatable bonds is 22. The second-order valence-electron chi connectivity index (χ2n) is 13.4. The van der Waals surface area contributed by atoms with Gasteiger partial charge in [0.2, 0.25) is 11.8 Å². The molecule has 0 aliphatic heterocycles. The normalized spacial score (nSPS) is 14.7. The molecule has 0 rings (SSSR count). The van der Waals surface area contributed by atoms with Gasteiger partial charge in [-0.05, 0) is 59.8 Å². The number of hydrogen-bond acceptors (Lipinski definition) is 8. The van der Waals surface area contributed by atoms with Crippen molar-refractivity contribution in [1.82, 2.24) is 13.3 Å². The molecular formula is C30H59IN5O6P. The molecular weight excluding hydrogens is 684 g/mol. The molecule has 0 aliphatic rings. The van der Waals surface area contributed by atoms with Gasteiger partial charge < -0.3 is 31.2 Å². The summed E-state index contributed by atoms with van der Waals surface area (Å²) in [6, 6.07) is -0.811. The molecule has 0 saturated carbocycles. The third-order valence-electron chi connectivity index (χ3n) is 7.12. The number of ketones is 1. The van der Waals surface area contributed by atoms with Crippen molar-refractivity contribution in [2.45, 2.75) is 130 Å². The molecule has 0 aromatic carbocycles. The molecule has 0 spiro atoms. The van der Waals surface area contributed by atoms with E-state index in [1.807, 2.05) is 57.5 Å². The van der Waals surface area contributed by atoms with Crippen molar-refractivity contribution in [2.75, 3.05) is 26.3 Å². The van der Waals surface area contributed by atoms with Crippen molar-refractivity contribution in [3.63, 3.8) is 0 Å². The number of nitrogens with one attached hydrogen (secondary N) is 1. The van der Waals surface area contributed by atoms with E-state index in [0.717, 1.165) is 6.42 Å². The fraction of sp³-hybridized carbons (Fsp3) is 0.867. The number of carbonyl (C=O) groups excluding carboxylic acids is 4. The van der Waals surface area contributed by atoms with Crippen LogP contribution in [-0.2, 0) is 28.7 Å². The van der Waals surface area contributed by atoms with Gasteiger partial charge in [0.15, 0.2) is 0 Å². The Kier molecular flexibility index (Phi) is 19.1. The Morgan fingerprint density at radius 3 is 2.05 bits per heavy atom. The van der Waals surface area contributed by atoms with E-state index in [1.54, 1.807) is 25.8 Å². The second kappa shape index (κ2) is 19.6. The summed E-state index contributed by atoms with van der Waals surface area (Å²) in [5.41, 5.74) is 10.0. The first-order valence-corrected chi connectivity index (χ1v) is 17.6. The Balaban J connectivity index is 5.02. The van der Waals surface area contributed by atoms with Gasteiger partial charge in [0.25, 0.3) is 5.91 Å². The van der Waals surface area contributed by atoms with E-state index >= 15 is 0 Å². The molecule has 11 nitrogen and oxygen atoms in total. The van der Waals surface area contributed by atoms with E-state index < -0.39 is 23.0 Å². The number of hydrogen-bond donors (Lipinski definition) is 3. The minimum absolute atomic E-state index is 0.00667. The highest BCUT2D eigenvalue weighted by Gasteiger charge is 2.30. The average molecular weight is 744 g/mol. The number of ether oxygens (including phenoxy) is 2. The Morgan fingerprint density at radius 1 is 0.907 bits per heavy atom. The monoisotopic (exact) mass is 743 g/mol. The second-order valence-corrected chi connectivity index (χ2v) is 15.7. The molecule has 13 heteroatoms. The lowest BCUT2D eigenvalue weighted by Crippen LogP contribution is -2.55. The van der Waals surface area contributed by atoms with Crippen molar-refractivity contribution in [2.24, 2.45) is 23.3 Å². The summed E-state index contributed by atoms with van der Waals surface area (Å²) in [5, 5.41) is 2.85. The summed E-state index contributed by atoms with van der Waals surface area (Å²) in [6.07, 6.45) is 3.55. The Hall–Kier alpha value is -0.920. The molecule has 3 unspecified atom stereocenters. The van der Waals surface area contributed by atoms with Crippen LogP contribution >= 0.6 is 31.4 Å². The van der Waals surface area contributed by atoms with Crippen molar-refractivity contribution in [3.05, 3.63) is 0 Å². The molecule has 3 amide bonds. The average Bonchev–Trinajstić information content (AvgIpc) is 2.88. The van der Waals surface area contributed by atoms with Crippen LogP contribution in [0.3, 0.4) is 0 Å². The highest BCUT2D eigenvalue weighted by atomic mass is 127. The smallest absolute Gasteiger partial charge is 0.254 e. The maximum atomic E-state index is 13.2. The van der Waals surface area contributed by atoms with Gasteiger partial charge in [0.05, 0.1) is 47.1 Å². The largest absolute Gasteiger partial charge is 0.375 e. The van der Waals surface area contributed by atoms with Gasteiger partial charge in [-0.1, -0.05) is 36.3 Å². The zero-order valence-corrected chi connectivity index (χ0v) is 31.3. The van der Waals surface area contributed by atoms with Crippen LogP contribution in [0.1, 0.15) is 107 Å². The first-order valence-electron chi connectivity index (χ1n) is 15.2. The van der Waals surface area contributed by atoms with E-state index in [0.29, 0.717) is 53.0 Å². The first-order chi connectivity index (χ1) is 19.6. The lowest BCUT2D eigenvalue weighted by Gasteiger charge is -2.37. The number of carbonyl (C=O) groups is 4. The third-order valence-corrected chi connectivity index (χ3v) is 9.47. The van der Waals surface area contributed by atoms with Crippen molar-refractivity contribution in [1.29, 1.82) is 0 Å². The molecule has 0 aromatic rings. The molecule has 252 valence electrons. The minimum Gasteiger partial charge on any atom is -0.375 e. The summed E-state index contributed by atoms with van der Waals surface area (Å²) >= 11 is 1.94.